The van der Waals surface area contributed by atoms with Crippen LogP contribution in [-0.2, 0) is 17.6 Å². The number of amides is 1. The number of carbonyl (C=O) groups is 1. The Morgan fingerprint density at radius 1 is 1.65 bits per heavy atom. The molecule has 1 aromatic rings. The Bertz CT molecular complexity index is 365. The third-order valence-electron chi connectivity index (χ3n) is 2.73. The Kier molecular flexibility index (Phi) is 5.88. The van der Waals surface area contributed by atoms with Gasteiger partial charge in [0.15, 0.2) is 0 Å². The van der Waals surface area contributed by atoms with Gasteiger partial charge >= 0.3 is 0 Å². The largest absolute Gasteiger partial charge is 0.355 e. The second-order valence-corrected chi connectivity index (χ2v) is 4.92. The molecule has 0 aromatic carbocycles. The molecule has 4 nitrogen and oxygen atoms in total. The summed E-state index contributed by atoms with van der Waals surface area (Å²) >= 11 is 1.70. The first kappa shape index (κ1) is 14.4. The van der Waals surface area contributed by atoms with Gasteiger partial charge in [-0.15, -0.1) is 23.7 Å². The van der Waals surface area contributed by atoms with E-state index in [1.807, 2.05) is 0 Å². The predicted octanol–water partition coefficient (Wildman–Crippen LogP) is 1.01. The van der Waals surface area contributed by atoms with Crippen molar-refractivity contribution in [2.75, 3.05) is 19.6 Å². The number of hydrogen-bond donors (Lipinski definition) is 2. The SMILES string of the molecule is CCc1nc(CCNC(=O)C2CNC2)cs1.Cl. The second kappa shape index (κ2) is 6.93. The van der Waals surface area contributed by atoms with E-state index >= 15 is 0 Å². The molecule has 1 saturated heterocycles. The van der Waals surface area contributed by atoms with Crippen LogP contribution in [-0.4, -0.2) is 30.5 Å². The third-order valence-corrected chi connectivity index (χ3v) is 3.78. The second-order valence-electron chi connectivity index (χ2n) is 3.98. The summed E-state index contributed by atoms with van der Waals surface area (Å²) in [4.78, 5) is 16.0. The molecule has 0 bridgehead atoms. The van der Waals surface area contributed by atoms with Gasteiger partial charge in [0.1, 0.15) is 0 Å². The zero-order chi connectivity index (χ0) is 11.4. The molecule has 2 N–H and O–H groups in total. The lowest BCUT2D eigenvalue weighted by Crippen LogP contribution is -2.51. The molecule has 1 amide bonds. The van der Waals surface area contributed by atoms with Crippen molar-refractivity contribution in [2.45, 2.75) is 19.8 Å². The van der Waals surface area contributed by atoms with Crippen LogP contribution in [0.1, 0.15) is 17.6 Å². The van der Waals surface area contributed by atoms with Gasteiger partial charge in [0.2, 0.25) is 5.91 Å². The molecule has 6 heteroatoms. The van der Waals surface area contributed by atoms with Crippen LogP contribution in [0.5, 0.6) is 0 Å². The van der Waals surface area contributed by atoms with Crippen LogP contribution in [0.3, 0.4) is 0 Å². The number of hydrogen-bond acceptors (Lipinski definition) is 4. The predicted molar refractivity (Wildman–Crippen MR) is 71.8 cm³/mol. The fourth-order valence-electron chi connectivity index (χ4n) is 1.56. The fourth-order valence-corrected chi connectivity index (χ4v) is 2.34. The van der Waals surface area contributed by atoms with E-state index in [4.69, 9.17) is 0 Å². The maximum atomic E-state index is 11.5. The van der Waals surface area contributed by atoms with Gasteiger partial charge in [-0.1, -0.05) is 6.92 Å². The monoisotopic (exact) mass is 275 g/mol. The lowest BCUT2D eigenvalue weighted by atomic mass is 10.0. The zero-order valence-electron chi connectivity index (χ0n) is 9.86. The van der Waals surface area contributed by atoms with E-state index in [-0.39, 0.29) is 24.2 Å². The van der Waals surface area contributed by atoms with Crippen molar-refractivity contribution < 1.29 is 4.79 Å². The highest BCUT2D eigenvalue weighted by molar-refractivity contribution is 7.09. The van der Waals surface area contributed by atoms with Crippen molar-refractivity contribution in [3.8, 4) is 0 Å². The summed E-state index contributed by atoms with van der Waals surface area (Å²) < 4.78 is 0. The van der Waals surface area contributed by atoms with Crippen molar-refractivity contribution >= 4 is 29.7 Å². The van der Waals surface area contributed by atoms with E-state index in [9.17, 15) is 4.79 Å². The van der Waals surface area contributed by atoms with Crippen LogP contribution in [0.4, 0.5) is 0 Å². The minimum absolute atomic E-state index is 0. The molecule has 0 aliphatic carbocycles. The number of aromatic nitrogens is 1. The molecule has 0 saturated carbocycles. The van der Waals surface area contributed by atoms with Crippen molar-refractivity contribution in [3.63, 3.8) is 0 Å². The molecule has 2 heterocycles. The van der Waals surface area contributed by atoms with Crippen LogP contribution in [0.25, 0.3) is 0 Å². The first-order valence-electron chi connectivity index (χ1n) is 5.71. The number of aryl methyl sites for hydroxylation is 1. The average molecular weight is 276 g/mol. The number of nitrogens with one attached hydrogen (secondary N) is 2. The van der Waals surface area contributed by atoms with Gasteiger partial charge in [0.05, 0.1) is 16.6 Å². The average Bonchev–Trinajstić information content (AvgIpc) is 2.63. The number of carbonyl (C=O) groups excluding carboxylic acids is 1. The smallest absolute Gasteiger partial charge is 0.225 e. The lowest BCUT2D eigenvalue weighted by Gasteiger charge is -2.25. The Morgan fingerprint density at radius 2 is 2.41 bits per heavy atom. The molecule has 1 aliphatic rings. The van der Waals surface area contributed by atoms with Crippen LogP contribution in [0, 0.1) is 5.92 Å². The summed E-state index contributed by atoms with van der Waals surface area (Å²) in [5.41, 5.74) is 1.09. The molecule has 0 spiro atoms. The van der Waals surface area contributed by atoms with E-state index < -0.39 is 0 Å². The molecular formula is C11H18ClN3OS. The Labute approximate surface area is 112 Å². The Hall–Kier alpha value is -0.650. The van der Waals surface area contributed by atoms with Gasteiger partial charge in [-0.3, -0.25) is 4.79 Å². The quantitative estimate of drug-likeness (QED) is 0.843. The highest BCUT2D eigenvalue weighted by Crippen LogP contribution is 2.10. The highest BCUT2D eigenvalue weighted by Gasteiger charge is 2.24. The van der Waals surface area contributed by atoms with Gasteiger partial charge in [-0.25, -0.2) is 4.98 Å². The van der Waals surface area contributed by atoms with E-state index in [1.165, 1.54) is 5.01 Å². The van der Waals surface area contributed by atoms with E-state index in [1.54, 1.807) is 11.3 Å². The lowest BCUT2D eigenvalue weighted by molar-refractivity contribution is -0.126. The summed E-state index contributed by atoms with van der Waals surface area (Å²) in [5, 5.41) is 9.29. The maximum Gasteiger partial charge on any atom is 0.225 e. The van der Waals surface area contributed by atoms with Crippen molar-refractivity contribution in [2.24, 2.45) is 5.92 Å². The van der Waals surface area contributed by atoms with E-state index in [2.05, 4.69) is 27.9 Å². The van der Waals surface area contributed by atoms with Crippen molar-refractivity contribution in [1.29, 1.82) is 0 Å². The fraction of sp³-hybridized carbons (Fsp3) is 0.636. The summed E-state index contributed by atoms with van der Waals surface area (Å²) in [5.74, 6) is 0.353. The van der Waals surface area contributed by atoms with Crippen molar-refractivity contribution in [1.82, 2.24) is 15.6 Å². The van der Waals surface area contributed by atoms with Crippen LogP contribution < -0.4 is 10.6 Å². The molecule has 0 unspecified atom stereocenters. The molecule has 1 aliphatic heterocycles. The van der Waals surface area contributed by atoms with Crippen LogP contribution >= 0.6 is 23.7 Å². The molecule has 0 radical (unpaired) electrons. The van der Waals surface area contributed by atoms with Gasteiger partial charge in [-0.05, 0) is 6.42 Å². The Balaban J connectivity index is 0.00000144. The molecule has 96 valence electrons. The van der Waals surface area contributed by atoms with E-state index in [0.29, 0.717) is 6.54 Å². The first-order chi connectivity index (χ1) is 7.79. The topological polar surface area (TPSA) is 54.0 Å². The minimum atomic E-state index is 0. The van der Waals surface area contributed by atoms with E-state index in [0.717, 1.165) is 31.6 Å². The number of nitrogens with zero attached hydrogens (tertiary/aromatic N) is 1. The highest BCUT2D eigenvalue weighted by atomic mass is 35.5. The summed E-state index contributed by atoms with van der Waals surface area (Å²) in [6, 6.07) is 0. The van der Waals surface area contributed by atoms with Gasteiger partial charge in [0.25, 0.3) is 0 Å². The van der Waals surface area contributed by atoms with Crippen molar-refractivity contribution in [3.05, 3.63) is 16.1 Å². The van der Waals surface area contributed by atoms with Gasteiger partial charge < -0.3 is 10.6 Å². The summed E-state index contributed by atoms with van der Waals surface area (Å²) in [7, 11) is 0. The van der Waals surface area contributed by atoms with Gasteiger partial charge in [-0.2, -0.15) is 0 Å². The van der Waals surface area contributed by atoms with Crippen LogP contribution in [0.2, 0.25) is 0 Å². The molecule has 17 heavy (non-hydrogen) atoms. The molecule has 1 aromatic heterocycles. The molecule has 2 rings (SSSR count). The summed E-state index contributed by atoms with van der Waals surface area (Å²) in [6.45, 7) is 4.45. The minimum Gasteiger partial charge on any atom is -0.355 e. The normalized spacial score (nSPS) is 14.9. The third kappa shape index (κ3) is 3.94. The number of rotatable bonds is 5. The molecule has 1 fully saturated rings. The maximum absolute atomic E-state index is 11.5. The Morgan fingerprint density at radius 3 is 2.94 bits per heavy atom. The van der Waals surface area contributed by atoms with Gasteiger partial charge in [0, 0.05) is 31.4 Å². The van der Waals surface area contributed by atoms with Crippen LogP contribution in [0.15, 0.2) is 5.38 Å². The zero-order valence-corrected chi connectivity index (χ0v) is 11.5. The first-order valence-corrected chi connectivity index (χ1v) is 6.59. The number of thiazole rings is 1. The molecular weight excluding hydrogens is 258 g/mol. The number of halogens is 1. The molecule has 0 atom stereocenters. The summed E-state index contributed by atoms with van der Waals surface area (Å²) in [6.07, 6.45) is 1.83. The standard InChI is InChI=1S/C11H17N3OS.ClH/c1-2-10-14-9(7-16-10)3-4-13-11(15)8-5-12-6-8;/h7-8,12H,2-6H2,1H3,(H,13,15);1H.